The molecule has 152 valence electrons. The van der Waals surface area contributed by atoms with Crippen molar-refractivity contribution in [2.75, 3.05) is 19.6 Å². The maximum absolute atomic E-state index is 13.7. The van der Waals surface area contributed by atoms with Crippen LogP contribution in [0, 0.1) is 11.7 Å². The zero-order valence-corrected chi connectivity index (χ0v) is 16.7. The lowest BCUT2D eigenvalue weighted by Gasteiger charge is -2.51. The Morgan fingerprint density at radius 3 is 2.60 bits per heavy atom. The molecule has 4 fully saturated rings. The van der Waals surface area contributed by atoms with Gasteiger partial charge in [0.1, 0.15) is 5.82 Å². The van der Waals surface area contributed by atoms with E-state index in [4.69, 9.17) is 0 Å². The van der Waals surface area contributed by atoms with Crippen molar-refractivity contribution >= 4 is 16.8 Å². The third kappa shape index (κ3) is 2.76. The Balaban J connectivity index is 1.38. The molecule has 4 nitrogen and oxygen atoms in total. The summed E-state index contributed by atoms with van der Waals surface area (Å²) in [5, 5.41) is 0.989. The number of hydrogen-bond acceptors (Lipinski definition) is 3. The van der Waals surface area contributed by atoms with E-state index in [0.29, 0.717) is 18.5 Å². The first-order chi connectivity index (χ1) is 14.7. The highest BCUT2D eigenvalue weighted by molar-refractivity contribution is 5.98. The van der Waals surface area contributed by atoms with Crippen molar-refractivity contribution in [3.63, 3.8) is 0 Å². The van der Waals surface area contributed by atoms with Gasteiger partial charge < -0.3 is 4.90 Å². The van der Waals surface area contributed by atoms with Crippen molar-refractivity contribution in [2.45, 2.75) is 30.8 Å². The number of amides is 1. The fourth-order valence-electron chi connectivity index (χ4n) is 6.03. The SMILES string of the molecule is O=C(c1ccc2ncccc2c1)N1C[C@@H](c2ccc(F)cc2)[C@@H]2[C@H]1C1CCN2CC1. The molecule has 0 aliphatic carbocycles. The third-order valence-electron chi connectivity index (χ3n) is 7.40. The minimum Gasteiger partial charge on any atom is -0.333 e. The molecule has 2 bridgehead atoms. The van der Waals surface area contributed by atoms with Crippen LogP contribution in [0.25, 0.3) is 10.9 Å². The number of nitrogens with zero attached hydrogens (tertiary/aromatic N) is 3. The molecule has 7 rings (SSSR count). The van der Waals surface area contributed by atoms with Crippen LogP contribution in [0.4, 0.5) is 4.39 Å². The van der Waals surface area contributed by atoms with Crippen LogP contribution in [0.3, 0.4) is 0 Å². The van der Waals surface area contributed by atoms with Crippen molar-refractivity contribution in [3.8, 4) is 0 Å². The van der Waals surface area contributed by atoms with Crippen molar-refractivity contribution in [3.05, 3.63) is 77.7 Å². The van der Waals surface area contributed by atoms with Crippen molar-refractivity contribution in [1.29, 1.82) is 0 Å². The molecule has 2 aromatic carbocycles. The minimum absolute atomic E-state index is 0.106. The van der Waals surface area contributed by atoms with Gasteiger partial charge >= 0.3 is 0 Å². The Kier molecular flexibility index (Phi) is 4.13. The number of carbonyl (C=O) groups excluding carboxylic acids is 1. The van der Waals surface area contributed by atoms with Gasteiger partial charge in [0, 0.05) is 35.7 Å². The van der Waals surface area contributed by atoms with Crippen molar-refractivity contribution in [2.24, 2.45) is 5.92 Å². The van der Waals surface area contributed by atoms with Crippen LogP contribution in [0.1, 0.15) is 34.7 Å². The van der Waals surface area contributed by atoms with Crippen LogP contribution in [0.15, 0.2) is 60.8 Å². The smallest absolute Gasteiger partial charge is 0.254 e. The first-order valence-electron chi connectivity index (χ1n) is 10.8. The Bertz CT molecular complexity index is 1110. The maximum Gasteiger partial charge on any atom is 0.254 e. The lowest BCUT2D eigenvalue weighted by atomic mass is 9.75. The molecule has 0 spiro atoms. The van der Waals surface area contributed by atoms with Gasteiger partial charge in [0.25, 0.3) is 5.91 Å². The summed E-state index contributed by atoms with van der Waals surface area (Å²) in [6.45, 7) is 2.90. The lowest BCUT2D eigenvalue weighted by molar-refractivity contribution is -0.00340. The standard InChI is InChI=1S/C25H24FN3O/c26-20-6-3-16(4-7-20)21-15-29(23-17-9-12-28(13-10-17)24(21)23)25(30)19-5-8-22-18(14-19)2-1-11-27-22/h1-8,11,14,17,21,23-24H,9-10,12-13,15H2/t21-,23+,24+/m0/s1. The largest absolute Gasteiger partial charge is 0.333 e. The molecule has 4 aliphatic rings. The van der Waals surface area contributed by atoms with Gasteiger partial charge in [0.2, 0.25) is 0 Å². The van der Waals surface area contributed by atoms with E-state index in [1.54, 1.807) is 18.3 Å². The second kappa shape index (κ2) is 6.88. The number of benzene rings is 2. The summed E-state index contributed by atoms with van der Waals surface area (Å²) >= 11 is 0. The van der Waals surface area contributed by atoms with E-state index in [0.717, 1.165) is 48.0 Å². The normalized spacial score (nSPS) is 29.9. The molecule has 3 atom stereocenters. The summed E-state index contributed by atoms with van der Waals surface area (Å²) in [6.07, 6.45) is 4.08. The number of fused-ring (bicyclic) bond motifs is 3. The monoisotopic (exact) mass is 401 g/mol. The van der Waals surface area contributed by atoms with Crippen molar-refractivity contribution < 1.29 is 9.18 Å². The van der Waals surface area contributed by atoms with E-state index in [2.05, 4.69) is 14.8 Å². The number of halogens is 1. The molecule has 0 saturated carbocycles. The second-order valence-corrected chi connectivity index (χ2v) is 8.88. The summed E-state index contributed by atoms with van der Waals surface area (Å²) in [5.41, 5.74) is 2.77. The molecular formula is C25H24FN3O. The first kappa shape index (κ1) is 18.0. The fraction of sp³-hybridized carbons (Fsp3) is 0.360. The van der Waals surface area contributed by atoms with E-state index < -0.39 is 0 Å². The van der Waals surface area contributed by atoms with Crippen LogP contribution in [-0.4, -0.2) is 52.4 Å². The Hall–Kier alpha value is -2.79. The summed E-state index contributed by atoms with van der Waals surface area (Å²) in [7, 11) is 0. The van der Waals surface area contributed by atoms with E-state index in [-0.39, 0.29) is 23.7 Å². The molecule has 30 heavy (non-hydrogen) atoms. The number of piperidine rings is 3. The first-order valence-corrected chi connectivity index (χ1v) is 10.8. The predicted molar refractivity (Wildman–Crippen MR) is 114 cm³/mol. The Morgan fingerprint density at radius 1 is 1.00 bits per heavy atom. The fourth-order valence-corrected chi connectivity index (χ4v) is 6.03. The molecule has 1 aromatic heterocycles. The topological polar surface area (TPSA) is 36.4 Å². The predicted octanol–water partition coefficient (Wildman–Crippen LogP) is 4.08. The van der Waals surface area contributed by atoms with Crippen LogP contribution in [0.5, 0.6) is 0 Å². The van der Waals surface area contributed by atoms with E-state index in [1.165, 1.54) is 0 Å². The lowest BCUT2D eigenvalue weighted by Crippen LogP contribution is -2.60. The van der Waals surface area contributed by atoms with Gasteiger partial charge in [0.05, 0.1) is 11.6 Å². The van der Waals surface area contributed by atoms with Crippen molar-refractivity contribution in [1.82, 2.24) is 14.8 Å². The van der Waals surface area contributed by atoms with E-state index in [9.17, 15) is 9.18 Å². The molecule has 0 radical (unpaired) electrons. The highest BCUT2D eigenvalue weighted by Crippen LogP contribution is 2.47. The number of carbonyl (C=O) groups is 1. The summed E-state index contributed by atoms with van der Waals surface area (Å²) in [5.74, 6) is 0.673. The van der Waals surface area contributed by atoms with Crippen LogP contribution in [0.2, 0.25) is 0 Å². The zero-order valence-electron chi connectivity index (χ0n) is 16.7. The van der Waals surface area contributed by atoms with E-state index in [1.807, 2.05) is 42.5 Å². The molecule has 5 heterocycles. The number of hydrogen-bond donors (Lipinski definition) is 0. The van der Waals surface area contributed by atoms with Gasteiger partial charge in [-0.25, -0.2) is 4.39 Å². The molecule has 4 aliphatic heterocycles. The summed E-state index contributed by atoms with van der Waals surface area (Å²) in [4.78, 5) is 22.7. The summed E-state index contributed by atoms with van der Waals surface area (Å²) in [6, 6.07) is 17.2. The molecule has 5 heteroatoms. The van der Waals surface area contributed by atoms with E-state index >= 15 is 0 Å². The van der Waals surface area contributed by atoms with Gasteiger partial charge in [-0.2, -0.15) is 0 Å². The summed E-state index contributed by atoms with van der Waals surface area (Å²) < 4.78 is 13.5. The zero-order chi connectivity index (χ0) is 20.2. The average Bonchev–Trinajstić information content (AvgIpc) is 3.22. The van der Waals surface area contributed by atoms with Gasteiger partial charge in [-0.15, -0.1) is 0 Å². The number of rotatable bonds is 2. The number of aromatic nitrogens is 1. The minimum atomic E-state index is -0.212. The molecule has 1 amide bonds. The van der Waals surface area contributed by atoms with Gasteiger partial charge in [-0.05, 0) is 73.8 Å². The molecule has 0 unspecified atom stereocenters. The molecule has 0 N–H and O–H groups in total. The average molecular weight is 401 g/mol. The highest BCUT2D eigenvalue weighted by Gasteiger charge is 2.54. The molecule has 3 aromatic rings. The van der Waals surface area contributed by atoms with Crippen LogP contribution in [-0.2, 0) is 0 Å². The quantitative estimate of drug-likeness (QED) is 0.649. The van der Waals surface area contributed by atoms with Gasteiger partial charge in [-0.1, -0.05) is 18.2 Å². The third-order valence-corrected chi connectivity index (χ3v) is 7.40. The number of pyridine rings is 1. The molecule has 4 saturated heterocycles. The second-order valence-electron chi connectivity index (χ2n) is 8.88. The Morgan fingerprint density at radius 2 is 1.80 bits per heavy atom. The van der Waals surface area contributed by atoms with Gasteiger partial charge in [0.15, 0.2) is 0 Å². The van der Waals surface area contributed by atoms with Crippen LogP contribution < -0.4 is 0 Å². The maximum atomic E-state index is 13.7. The van der Waals surface area contributed by atoms with Gasteiger partial charge in [-0.3, -0.25) is 14.7 Å². The Labute approximate surface area is 175 Å². The highest BCUT2D eigenvalue weighted by atomic mass is 19.1. The number of likely N-dealkylation sites (tertiary alicyclic amines) is 1. The van der Waals surface area contributed by atoms with Crippen LogP contribution >= 0.6 is 0 Å². The molecular weight excluding hydrogens is 377 g/mol.